The third-order valence-electron chi connectivity index (χ3n) is 4.31. The van der Waals surface area contributed by atoms with Crippen LogP contribution in [0.15, 0.2) is 47.4 Å². The Hall–Kier alpha value is -2.58. The van der Waals surface area contributed by atoms with Crippen molar-refractivity contribution < 1.29 is 23.1 Å². The Morgan fingerprint density at radius 2 is 1.82 bits per heavy atom. The molecule has 0 heterocycles. The zero-order valence-corrected chi connectivity index (χ0v) is 16.9. The van der Waals surface area contributed by atoms with Gasteiger partial charge in [0.05, 0.1) is 11.3 Å². The molecule has 0 spiro atoms. The number of anilines is 1. The van der Waals surface area contributed by atoms with Crippen molar-refractivity contribution in [3.05, 3.63) is 48.0 Å². The zero-order valence-electron chi connectivity index (χ0n) is 16.1. The number of sulfonamides is 1. The molecule has 0 aliphatic rings. The molecule has 2 aromatic carbocycles. The number of rotatable bonds is 10. The van der Waals surface area contributed by atoms with Crippen LogP contribution in [0.3, 0.4) is 0 Å². The van der Waals surface area contributed by atoms with E-state index in [4.69, 9.17) is 9.88 Å². The summed E-state index contributed by atoms with van der Waals surface area (Å²) in [5, 5.41) is 14.8. The Morgan fingerprint density at radius 1 is 1.14 bits per heavy atom. The standard InChI is InChI=1S/C20H26N2O5S/c1-3-5-9-12-22(4-2)17-13-15(20(23)24)14-18(28(21,25)26)19(17)27-16-10-7-6-8-11-16/h6-8,10-11,13-14H,3-5,9,12H2,1-2H3,(H,23,24)(H2,21,25,26). The summed E-state index contributed by atoms with van der Waals surface area (Å²) in [6.07, 6.45) is 2.92. The Bertz CT molecular complexity index is 914. The smallest absolute Gasteiger partial charge is 0.335 e. The second-order valence-electron chi connectivity index (χ2n) is 6.37. The summed E-state index contributed by atoms with van der Waals surface area (Å²) in [7, 11) is -4.21. The Labute approximate surface area is 165 Å². The topological polar surface area (TPSA) is 110 Å². The quantitative estimate of drug-likeness (QED) is 0.580. The van der Waals surface area contributed by atoms with Crippen LogP contribution in [0.5, 0.6) is 11.5 Å². The lowest BCUT2D eigenvalue weighted by Crippen LogP contribution is -2.26. The first kappa shape index (κ1) is 21.7. The lowest BCUT2D eigenvalue weighted by atomic mass is 10.1. The van der Waals surface area contributed by atoms with Gasteiger partial charge in [0.25, 0.3) is 0 Å². The summed E-state index contributed by atoms with van der Waals surface area (Å²) in [4.78, 5) is 13.1. The third-order valence-corrected chi connectivity index (χ3v) is 5.22. The van der Waals surface area contributed by atoms with Crippen LogP contribution in [0.4, 0.5) is 5.69 Å². The molecule has 0 aliphatic heterocycles. The summed E-state index contributed by atoms with van der Waals surface area (Å²) in [5.41, 5.74) is 0.236. The molecule has 8 heteroatoms. The fourth-order valence-corrected chi connectivity index (χ4v) is 3.56. The van der Waals surface area contributed by atoms with E-state index in [1.54, 1.807) is 24.3 Å². The molecule has 0 atom stereocenters. The Balaban J connectivity index is 2.66. The predicted octanol–water partition coefficient (Wildman–Crippen LogP) is 3.84. The molecule has 0 saturated heterocycles. The maximum atomic E-state index is 12.2. The molecule has 2 aromatic rings. The van der Waals surface area contributed by atoms with Crippen molar-refractivity contribution in [3.63, 3.8) is 0 Å². The van der Waals surface area contributed by atoms with Crippen molar-refractivity contribution in [2.45, 2.75) is 38.0 Å². The van der Waals surface area contributed by atoms with Crippen molar-refractivity contribution in [1.82, 2.24) is 0 Å². The van der Waals surface area contributed by atoms with Crippen LogP contribution in [0, 0.1) is 0 Å². The zero-order chi connectivity index (χ0) is 20.7. The Morgan fingerprint density at radius 3 is 2.36 bits per heavy atom. The normalized spacial score (nSPS) is 11.2. The second-order valence-corrected chi connectivity index (χ2v) is 7.90. The second kappa shape index (κ2) is 9.57. The number of aromatic carboxylic acids is 1. The molecule has 0 unspecified atom stereocenters. The van der Waals surface area contributed by atoms with Gasteiger partial charge < -0.3 is 14.7 Å². The van der Waals surface area contributed by atoms with Crippen LogP contribution < -0.4 is 14.8 Å². The molecular weight excluding hydrogens is 380 g/mol. The minimum atomic E-state index is -4.21. The van der Waals surface area contributed by atoms with Gasteiger partial charge in [-0.2, -0.15) is 0 Å². The number of primary sulfonamides is 1. The number of para-hydroxylation sites is 1. The van der Waals surface area contributed by atoms with Crippen molar-refractivity contribution in [1.29, 1.82) is 0 Å². The number of ether oxygens (including phenoxy) is 1. The van der Waals surface area contributed by atoms with E-state index < -0.39 is 16.0 Å². The van der Waals surface area contributed by atoms with Gasteiger partial charge in [-0.25, -0.2) is 18.4 Å². The first-order chi connectivity index (χ1) is 13.3. The van der Waals surface area contributed by atoms with Crippen molar-refractivity contribution in [3.8, 4) is 11.5 Å². The lowest BCUT2D eigenvalue weighted by molar-refractivity contribution is 0.0696. The predicted molar refractivity (Wildman–Crippen MR) is 109 cm³/mol. The molecule has 0 saturated carbocycles. The molecule has 28 heavy (non-hydrogen) atoms. The van der Waals surface area contributed by atoms with Crippen LogP contribution in [-0.2, 0) is 10.0 Å². The summed E-state index contributed by atoms with van der Waals surface area (Å²) in [6, 6.07) is 11.2. The minimum Gasteiger partial charge on any atom is -0.478 e. The SMILES string of the molecule is CCCCCN(CC)c1cc(C(=O)O)cc(S(N)(=O)=O)c1Oc1ccccc1. The van der Waals surface area contributed by atoms with E-state index in [0.717, 1.165) is 25.3 Å². The number of hydrogen-bond donors (Lipinski definition) is 2. The van der Waals surface area contributed by atoms with Gasteiger partial charge in [0.2, 0.25) is 10.0 Å². The highest BCUT2D eigenvalue weighted by Crippen LogP contribution is 2.39. The van der Waals surface area contributed by atoms with E-state index in [1.807, 2.05) is 17.9 Å². The van der Waals surface area contributed by atoms with Crippen molar-refractivity contribution >= 4 is 21.7 Å². The van der Waals surface area contributed by atoms with Gasteiger partial charge in [-0.1, -0.05) is 38.0 Å². The van der Waals surface area contributed by atoms with Crippen LogP contribution in [0.2, 0.25) is 0 Å². The molecule has 0 amide bonds. The van der Waals surface area contributed by atoms with Gasteiger partial charge in [-0.3, -0.25) is 0 Å². The summed E-state index contributed by atoms with van der Waals surface area (Å²) in [6.45, 7) is 5.21. The number of nitrogens with zero attached hydrogens (tertiary/aromatic N) is 1. The van der Waals surface area contributed by atoms with Crippen LogP contribution in [0.25, 0.3) is 0 Å². The number of carbonyl (C=O) groups is 1. The van der Waals surface area contributed by atoms with Gasteiger partial charge in [-0.15, -0.1) is 0 Å². The highest BCUT2D eigenvalue weighted by atomic mass is 32.2. The molecule has 0 aliphatic carbocycles. The van der Waals surface area contributed by atoms with E-state index in [2.05, 4.69) is 6.92 Å². The molecule has 152 valence electrons. The number of benzene rings is 2. The summed E-state index contributed by atoms with van der Waals surface area (Å²) < 4.78 is 30.4. The largest absolute Gasteiger partial charge is 0.478 e. The van der Waals surface area contributed by atoms with E-state index in [9.17, 15) is 18.3 Å². The van der Waals surface area contributed by atoms with Crippen molar-refractivity contribution in [2.24, 2.45) is 5.14 Å². The van der Waals surface area contributed by atoms with Crippen molar-refractivity contribution in [2.75, 3.05) is 18.0 Å². The molecule has 7 nitrogen and oxygen atoms in total. The maximum absolute atomic E-state index is 12.2. The van der Waals surface area contributed by atoms with Crippen LogP contribution >= 0.6 is 0 Å². The fraction of sp³-hybridized carbons (Fsp3) is 0.350. The summed E-state index contributed by atoms with van der Waals surface area (Å²) in [5.74, 6) is -0.764. The number of unbranched alkanes of at least 4 members (excludes halogenated alkanes) is 2. The third kappa shape index (κ3) is 5.46. The molecule has 3 N–H and O–H groups in total. The molecule has 0 aromatic heterocycles. The lowest BCUT2D eigenvalue weighted by Gasteiger charge is -2.27. The van der Waals surface area contributed by atoms with E-state index >= 15 is 0 Å². The van der Waals surface area contributed by atoms with E-state index in [0.29, 0.717) is 24.5 Å². The van der Waals surface area contributed by atoms with Gasteiger partial charge in [0.15, 0.2) is 5.75 Å². The molecule has 2 rings (SSSR count). The first-order valence-electron chi connectivity index (χ1n) is 9.19. The van der Waals surface area contributed by atoms with Gasteiger partial charge in [0.1, 0.15) is 10.6 Å². The summed E-state index contributed by atoms with van der Waals surface area (Å²) >= 11 is 0. The minimum absolute atomic E-state index is 0.0389. The first-order valence-corrected chi connectivity index (χ1v) is 10.7. The fourth-order valence-electron chi connectivity index (χ4n) is 2.87. The van der Waals surface area contributed by atoms with E-state index in [1.165, 1.54) is 6.07 Å². The van der Waals surface area contributed by atoms with Gasteiger partial charge in [-0.05, 0) is 37.6 Å². The molecule has 0 radical (unpaired) electrons. The van der Waals surface area contributed by atoms with Gasteiger partial charge >= 0.3 is 5.97 Å². The average molecular weight is 407 g/mol. The molecular formula is C20H26N2O5S. The average Bonchev–Trinajstić information content (AvgIpc) is 2.65. The highest BCUT2D eigenvalue weighted by molar-refractivity contribution is 7.89. The highest BCUT2D eigenvalue weighted by Gasteiger charge is 2.25. The van der Waals surface area contributed by atoms with Crippen LogP contribution in [-0.4, -0.2) is 32.6 Å². The number of nitrogens with two attached hydrogens (primary N) is 1. The number of hydrogen-bond acceptors (Lipinski definition) is 5. The van der Waals surface area contributed by atoms with Gasteiger partial charge in [0, 0.05) is 13.1 Å². The Kier molecular flexibility index (Phi) is 7.42. The number of carboxylic acids is 1. The maximum Gasteiger partial charge on any atom is 0.335 e. The van der Waals surface area contributed by atoms with Crippen LogP contribution in [0.1, 0.15) is 43.5 Å². The molecule has 0 fully saturated rings. The molecule has 0 bridgehead atoms. The van der Waals surface area contributed by atoms with E-state index in [-0.39, 0.29) is 16.2 Å². The monoisotopic (exact) mass is 406 g/mol. The number of carboxylic acid groups (broad SMARTS) is 1.